The second-order valence-corrected chi connectivity index (χ2v) is 13.9. The van der Waals surface area contributed by atoms with Crippen LogP contribution in [0.25, 0.3) is 111 Å². The minimum absolute atomic E-state index is 0.209. The molecule has 0 saturated carbocycles. The first-order chi connectivity index (χ1) is 40.3. The maximum Gasteiger partial charge on any atom is 0.164 e. The lowest BCUT2D eigenvalue weighted by Gasteiger charge is -2.12. The summed E-state index contributed by atoms with van der Waals surface area (Å²) in [6.07, 6.45) is 0. The Labute approximate surface area is 390 Å². The van der Waals surface area contributed by atoms with Gasteiger partial charge in [0.15, 0.2) is 17.5 Å². The Balaban J connectivity index is 1.19. The average Bonchev–Trinajstić information content (AvgIpc) is 1.67. The molecule has 0 bridgehead atoms. The predicted octanol–water partition coefficient (Wildman–Crippen LogP) is 14.4. The molecule has 5 heteroatoms. The molecule has 0 fully saturated rings. The van der Waals surface area contributed by atoms with Crippen LogP contribution in [0.1, 0.15) is 31.5 Å². The van der Waals surface area contributed by atoms with Gasteiger partial charge in [-0.3, -0.25) is 0 Å². The molecular formula is C57H37N5. The van der Waals surface area contributed by atoms with Crippen LogP contribution in [0, 0.1) is 0 Å². The van der Waals surface area contributed by atoms with Crippen molar-refractivity contribution in [3.05, 3.63) is 224 Å². The van der Waals surface area contributed by atoms with Crippen LogP contribution in [0.15, 0.2) is 224 Å². The predicted molar refractivity (Wildman–Crippen MR) is 256 cm³/mol. The van der Waals surface area contributed by atoms with Crippen molar-refractivity contribution in [3.63, 3.8) is 0 Å². The quantitative estimate of drug-likeness (QED) is 0.161. The van der Waals surface area contributed by atoms with E-state index < -0.39 is 195 Å². The number of fused-ring (bicyclic) bond motifs is 6. The standard InChI is InChI=1S/C57H37N5/c1-4-14-38(15-5-1)39-24-26-40(27-25-39)41-28-30-42(31-29-41)55-58-56(43-32-34-49-47-20-10-12-22-51(47)61(53(49)36-43)45-16-6-2-7-17-45)60-57(59-55)44-33-35-50-48-21-11-13-23-52(48)62(54(50)37-44)46-18-8-3-9-19-46/h1-37H/i2D,3D,6D,7D,8D,9D,10D,11D,12D,13D,16D,17D,18D,19D,20D,21D,22D,23D,32D,33D,34D,35D,36D. The second-order valence-electron chi connectivity index (χ2n) is 13.9. The van der Waals surface area contributed by atoms with Gasteiger partial charge in [0.05, 0.1) is 53.6 Å². The number of aromatic nitrogens is 5. The van der Waals surface area contributed by atoms with Crippen LogP contribution in [0.2, 0.25) is 0 Å². The zero-order valence-corrected chi connectivity index (χ0v) is 31.8. The van der Waals surface area contributed by atoms with Gasteiger partial charge in [-0.05, 0) is 70.6 Å². The third-order valence-corrected chi connectivity index (χ3v) is 10.4. The van der Waals surface area contributed by atoms with Crippen molar-refractivity contribution in [3.8, 4) is 67.8 Å². The fourth-order valence-electron chi connectivity index (χ4n) is 7.53. The Morgan fingerprint density at radius 3 is 1.27 bits per heavy atom. The molecule has 0 aliphatic heterocycles. The minimum Gasteiger partial charge on any atom is -0.309 e. The molecule has 3 aromatic heterocycles. The van der Waals surface area contributed by atoms with E-state index in [-0.39, 0.29) is 33.2 Å². The fourth-order valence-corrected chi connectivity index (χ4v) is 7.53. The van der Waals surface area contributed by atoms with E-state index in [4.69, 9.17) is 39.6 Å². The Kier molecular flexibility index (Phi) is 4.58. The first-order valence-corrected chi connectivity index (χ1v) is 19.1. The summed E-state index contributed by atoms with van der Waals surface area (Å²) in [6.45, 7) is 0. The molecule has 12 aromatic rings. The second kappa shape index (κ2) is 14.7. The third kappa shape index (κ3) is 6.06. The summed E-state index contributed by atoms with van der Waals surface area (Å²) < 4.78 is 208. The maximum atomic E-state index is 10.0. The van der Waals surface area contributed by atoms with Crippen LogP contribution in [-0.2, 0) is 0 Å². The van der Waals surface area contributed by atoms with Crippen LogP contribution >= 0.6 is 0 Å². The summed E-state index contributed by atoms with van der Waals surface area (Å²) in [5.74, 6) is -1.26. The Morgan fingerprint density at radius 2 is 0.710 bits per heavy atom. The summed E-state index contributed by atoms with van der Waals surface area (Å²) >= 11 is 0. The molecule has 9 aromatic carbocycles. The molecule has 0 radical (unpaired) electrons. The van der Waals surface area contributed by atoms with E-state index in [9.17, 15) is 6.85 Å². The van der Waals surface area contributed by atoms with E-state index in [1.807, 2.05) is 54.6 Å². The molecular weight excluding hydrogens is 755 g/mol. The van der Waals surface area contributed by atoms with Crippen LogP contribution in [0.3, 0.4) is 0 Å². The Hall–Kier alpha value is -8.41. The molecule has 3 heterocycles. The van der Waals surface area contributed by atoms with Gasteiger partial charge in [0.1, 0.15) is 0 Å². The topological polar surface area (TPSA) is 48.5 Å². The normalized spacial score (nSPS) is 16.7. The van der Waals surface area contributed by atoms with Crippen molar-refractivity contribution in [1.29, 1.82) is 0 Å². The van der Waals surface area contributed by atoms with Crippen molar-refractivity contribution >= 4 is 43.6 Å². The minimum atomic E-state index is -0.849. The summed E-state index contributed by atoms with van der Waals surface area (Å²) in [5.41, 5.74) is -0.0441. The molecule has 0 unspecified atom stereocenters. The first-order valence-electron chi connectivity index (χ1n) is 30.6. The van der Waals surface area contributed by atoms with Gasteiger partial charge < -0.3 is 9.13 Å². The van der Waals surface area contributed by atoms with Gasteiger partial charge in [-0.1, -0.05) is 176 Å². The van der Waals surface area contributed by atoms with Crippen molar-refractivity contribution in [1.82, 2.24) is 24.1 Å². The van der Waals surface area contributed by atoms with Gasteiger partial charge in [-0.2, -0.15) is 0 Å². The number of rotatable bonds is 7. The van der Waals surface area contributed by atoms with E-state index in [1.165, 1.54) is 6.07 Å². The third-order valence-electron chi connectivity index (χ3n) is 10.4. The van der Waals surface area contributed by atoms with E-state index in [2.05, 4.69) is 0 Å². The maximum absolute atomic E-state index is 10.0. The zero-order chi connectivity index (χ0) is 61.0. The van der Waals surface area contributed by atoms with Crippen LogP contribution in [0.4, 0.5) is 0 Å². The molecule has 12 rings (SSSR count). The molecule has 62 heavy (non-hydrogen) atoms. The molecule has 0 spiro atoms. The highest BCUT2D eigenvalue weighted by Gasteiger charge is 2.19. The number of benzene rings is 9. The van der Waals surface area contributed by atoms with Crippen molar-refractivity contribution in [2.24, 2.45) is 0 Å². The highest BCUT2D eigenvalue weighted by atomic mass is 15.0. The molecule has 0 N–H and O–H groups in total. The van der Waals surface area contributed by atoms with Crippen molar-refractivity contribution in [2.45, 2.75) is 0 Å². The molecule has 290 valence electrons. The molecule has 0 amide bonds. The highest BCUT2D eigenvalue weighted by Crippen LogP contribution is 2.37. The van der Waals surface area contributed by atoms with Crippen LogP contribution in [-0.4, -0.2) is 24.1 Å². The lowest BCUT2D eigenvalue weighted by Crippen LogP contribution is -2.01. The van der Waals surface area contributed by atoms with E-state index in [0.29, 0.717) is 0 Å². The molecule has 0 aliphatic rings. The van der Waals surface area contributed by atoms with Crippen molar-refractivity contribution in [2.75, 3.05) is 0 Å². The zero-order valence-electron chi connectivity index (χ0n) is 54.8. The smallest absolute Gasteiger partial charge is 0.164 e. The number of hydrogen-bond acceptors (Lipinski definition) is 3. The first kappa shape index (κ1) is 19.3. The lowest BCUT2D eigenvalue weighted by molar-refractivity contribution is 1.07. The van der Waals surface area contributed by atoms with E-state index in [1.54, 1.807) is 24.3 Å². The van der Waals surface area contributed by atoms with Gasteiger partial charge in [0.25, 0.3) is 0 Å². The van der Waals surface area contributed by atoms with Gasteiger partial charge >= 0.3 is 0 Å². The molecule has 0 atom stereocenters. The SMILES string of the molecule is [2H]c1c([2H])c([2H])c(-n2c3cc(-c4nc(-c5ccc(-c6ccc(-c7ccccc7)cc6)cc5)nc(-c5c([2H])c([2H])c6c7c([2H])c([2H])c([2H])c([2H])c7n(-c7c([2H])c([2H])c([2H])c([2H])c7[2H])c6c5[2H])n4)c([2H])c([2H])c3c3c([2H])c([2H])c([2H])c([2H])c32)c([2H])c1[2H]. The largest absolute Gasteiger partial charge is 0.309 e. The molecule has 5 nitrogen and oxygen atoms in total. The lowest BCUT2D eigenvalue weighted by atomic mass is 9.99. The Bertz CT molecular complexity index is 4910. The number of nitrogens with zero attached hydrogens (tertiary/aromatic N) is 5. The van der Waals surface area contributed by atoms with Crippen molar-refractivity contribution < 1.29 is 31.5 Å². The monoisotopic (exact) mass is 814 g/mol. The summed E-state index contributed by atoms with van der Waals surface area (Å²) in [5, 5.41) is -1.45. The molecule has 0 saturated heterocycles. The van der Waals surface area contributed by atoms with Gasteiger partial charge in [-0.25, -0.2) is 15.0 Å². The highest BCUT2D eigenvalue weighted by molar-refractivity contribution is 6.11. The van der Waals surface area contributed by atoms with Gasteiger partial charge in [0.2, 0.25) is 0 Å². The van der Waals surface area contributed by atoms with Crippen LogP contribution < -0.4 is 0 Å². The average molecular weight is 815 g/mol. The summed E-state index contributed by atoms with van der Waals surface area (Å²) in [6, 6.07) is 7.69. The summed E-state index contributed by atoms with van der Waals surface area (Å²) in [4.78, 5) is 14.3. The molecule has 0 aliphatic carbocycles. The number of para-hydroxylation sites is 4. The summed E-state index contributed by atoms with van der Waals surface area (Å²) in [7, 11) is 0. The number of hydrogen-bond donors (Lipinski definition) is 0. The Morgan fingerprint density at radius 1 is 0.306 bits per heavy atom. The van der Waals surface area contributed by atoms with E-state index in [0.717, 1.165) is 31.4 Å². The van der Waals surface area contributed by atoms with Gasteiger partial charge in [0, 0.05) is 49.6 Å². The van der Waals surface area contributed by atoms with Gasteiger partial charge in [-0.15, -0.1) is 0 Å². The van der Waals surface area contributed by atoms with Crippen LogP contribution in [0.5, 0.6) is 0 Å². The van der Waals surface area contributed by atoms with E-state index >= 15 is 0 Å². The fraction of sp³-hybridized carbons (Fsp3) is 0.